The second-order valence-corrected chi connectivity index (χ2v) is 9.13. The molecular formula is C26H35N2O+. The van der Waals surface area contributed by atoms with Crippen LogP contribution in [0.2, 0.25) is 0 Å². The highest BCUT2D eigenvalue weighted by Crippen LogP contribution is 2.47. The number of Topliss-reactive ketones (excluding diaryl/α,β-unsaturated/α-hetero) is 1. The van der Waals surface area contributed by atoms with Gasteiger partial charge in [-0.25, -0.2) is 4.58 Å². The van der Waals surface area contributed by atoms with E-state index in [0.29, 0.717) is 5.92 Å². The number of nitrogens with zero attached hydrogens (tertiary/aromatic N) is 2. The van der Waals surface area contributed by atoms with Crippen LogP contribution < -0.4 is 4.90 Å². The number of para-hydroxylation sites is 1. The third-order valence-electron chi connectivity index (χ3n) is 6.12. The van der Waals surface area contributed by atoms with Crippen LogP contribution in [-0.4, -0.2) is 37.2 Å². The first-order chi connectivity index (χ1) is 13.7. The van der Waals surface area contributed by atoms with Crippen LogP contribution in [0.3, 0.4) is 0 Å². The molecule has 154 valence electrons. The number of hydrogen-bond acceptors (Lipinski definition) is 2. The molecule has 1 aliphatic carbocycles. The Bertz CT molecular complexity index is 897. The number of rotatable bonds is 6. The fourth-order valence-corrected chi connectivity index (χ4v) is 4.58. The van der Waals surface area contributed by atoms with Crippen molar-refractivity contribution < 1.29 is 9.37 Å². The maximum Gasteiger partial charge on any atom is 0.164 e. The number of carbonyl (C=O) groups excluding carboxylic acids is 1. The monoisotopic (exact) mass is 391 g/mol. The van der Waals surface area contributed by atoms with E-state index in [9.17, 15) is 4.79 Å². The van der Waals surface area contributed by atoms with Crippen molar-refractivity contribution in [3.8, 4) is 0 Å². The lowest BCUT2D eigenvalue weighted by Gasteiger charge is -2.27. The molecule has 1 aromatic rings. The third-order valence-corrected chi connectivity index (χ3v) is 6.12. The normalized spacial score (nSPS) is 23.7. The molecule has 0 N–H and O–H groups in total. The van der Waals surface area contributed by atoms with E-state index in [1.165, 1.54) is 16.9 Å². The van der Waals surface area contributed by atoms with Crippen LogP contribution in [0, 0.1) is 11.8 Å². The average molecular weight is 392 g/mol. The maximum atomic E-state index is 12.1. The summed E-state index contributed by atoms with van der Waals surface area (Å²) in [7, 11) is 4.12. The molecule has 1 heterocycles. The summed E-state index contributed by atoms with van der Waals surface area (Å²) in [4.78, 5) is 14.6. The first-order valence-corrected chi connectivity index (χ1v) is 10.7. The zero-order valence-corrected chi connectivity index (χ0v) is 18.8. The van der Waals surface area contributed by atoms with Gasteiger partial charge in [-0.15, -0.1) is 0 Å². The van der Waals surface area contributed by atoms with E-state index >= 15 is 0 Å². The smallest absolute Gasteiger partial charge is 0.164 e. The quantitative estimate of drug-likeness (QED) is 0.381. The Morgan fingerprint density at radius 1 is 1.21 bits per heavy atom. The van der Waals surface area contributed by atoms with E-state index in [-0.39, 0.29) is 17.1 Å². The molecule has 2 unspecified atom stereocenters. The van der Waals surface area contributed by atoms with E-state index in [2.05, 4.69) is 99.1 Å². The van der Waals surface area contributed by atoms with E-state index in [1.54, 1.807) is 6.92 Å². The van der Waals surface area contributed by atoms with E-state index in [1.807, 2.05) is 0 Å². The molecule has 0 bridgehead atoms. The van der Waals surface area contributed by atoms with Crippen LogP contribution >= 0.6 is 0 Å². The van der Waals surface area contributed by atoms with Crippen molar-refractivity contribution in [2.24, 2.45) is 11.8 Å². The number of fused-ring (bicyclic) bond motifs is 1. The summed E-state index contributed by atoms with van der Waals surface area (Å²) in [5.74, 6) is 0.808. The summed E-state index contributed by atoms with van der Waals surface area (Å²) in [6.07, 6.45) is 13.0. The Kier molecular flexibility index (Phi) is 6.26. The topological polar surface area (TPSA) is 23.3 Å². The molecule has 0 amide bonds. The number of ketones is 1. The molecule has 0 saturated heterocycles. The Hall–Kier alpha value is -2.42. The molecule has 1 aliphatic heterocycles. The molecule has 0 saturated carbocycles. The molecule has 2 atom stereocenters. The Morgan fingerprint density at radius 3 is 2.62 bits per heavy atom. The van der Waals surface area contributed by atoms with Crippen molar-refractivity contribution in [2.45, 2.75) is 46.0 Å². The Morgan fingerprint density at radius 2 is 1.93 bits per heavy atom. The minimum absolute atomic E-state index is 0.0201. The Balaban J connectivity index is 1.80. The van der Waals surface area contributed by atoms with Gasteiger partial charge in [0.15, 0.2) is 12.0 Å². The lowest BCUT2D eigenvalue weighted by Crippen LogP contribution is -2.28. The molecule has 2 aliphatic rings. The van der Waals surface area contributed by atoms with Gasteiger partial charge in [0.05, 0.1) is 0 Å². The fraction of sp³-hybridized carbons (Fsp3) is 0.462. The van der Waals surface area contributed by atoms with Crippen molar-refractivity contribution >= 4 is 17.7 Å². The minimum atomic E-state index is -0.0201. The van der Waals surface area contributed by atoms with Crippen molar-refractivity contribution in [2.75, 3.05) is 25.5 Å². The molecule has 0 radical (unpaired) electrons. The molecule has 3 rings (SSSR count). The number of allylic oxidation sites excluding steroid dienone is 6. The van der Waals surface area contributed by atoms with Gasteiger partial charge in [0.2, 0.25) is 0 Å². The van der Waals surface area contributed by atoms with E-state index < -0.39 is 0 Å². The molecule has 0 aromatic heterocycles. The lowest BCUT2D eigenvalue weighted by molar-refractivity contribution is -0.458. The average Bonchev–Trinajstić information content (AvgIpc) is 2.88. The van der Waals surface area contributed by atoms with Gasteiger partial charge in [-0.2, -0.15) is 0 Å². The zero-order chi connectivity index (χ0) is 21.2. The minimum Gasteiger partial charge on any atom is -0.344 e. The first kappa shape index (κ1) is 21.3. The summed E-state index contributed by atoms with van der Waals surface area (Å²) in [6, 6.07) is 8.75. The second kappa shape index (κ2) is 8.52. The number of carbonyl (C=O) groups is 1. The van der Waals surface area contributed by atoms with Gasteiger partial charge in [0, 0.05) is 35.3 Å². The van der Waals surface area contributed by atoms with Gasteiger partial charge < -0.3 is 4.90 Å². The van der Waals surface area contributed by atoms with Gasteiger partial charge in [0.25, 0.3) is 0 Å². The predicted molar refractivity (Wildman–Crippen MR) is 123 cm³/mol. The van der Waals surface area contributed by atoms with Crippen LogP contribution in [0.4, 0.5) is 5.69 Å². The number of hydrogen-bond donors (Lipinski definition) is 0. The Labute approximate surface area is 176 Å². The summed E-state index contributed by atoms with van der Waals surface area (Å²) >= 11 is 0. The van der Waals surface area contributed by atoms with Gasteiger partial charge in [0.1, 0.15) is 14.1 Å². The molecule has 3 heteroatoms. The van der Waals surface area contributed by atoms with Crippen LogP contribution in [0.1, 0.15) is 46.1 Å². The van der Waals surface area contributed by atoms with E-state index in [0.717, 1.165) is 25.0 Å². The van der Waals surface area contributed by atoms with Crippen molar-refractivity contribution in [3.05, 3.63) is 65.4 Å². The molecule has 0 spiro atoms. The van der Waals surface area contributed by atoms with Gasteiger partial charge in [-0.1, -0.05) is 57.2 Å². The predicted octanol–water partition coefficient (Wildman–Crippen LogP) is 5.13. The maximum absolute atomic E-state index is 12.1. The molecular weight excluding hydrogens is 356 g/mol. The summed E-state index contributed by atoms with van der Waals surface area (Å²) in [5.41, 5.74) is 5.00. The molecule has 0 fully saturated rings. The number of anilines is 1. The van der Waals surface area contributed by atoms with Crippen LogP contribution in [0.15, 0.2) is 59.8 Å². The van der Waals surface area contributed by atoms with Crippen molar-refractivity contribution in [1.29, 1.82) is 0 Å². The van der Waals surface area contributed by atoms with Crippen LogP contribution in [0.5, 0.6) is 0 Å². The molecule has 29 heavy (non-hydrogen) atoms. The molecule has 1 aromatic carbocycles. The van der Waals surface area contributed by atoms with Crippen LogP contribution in [0.25, 0.3) is 0 Å². The molecule has 3 nitrogen and oxygen atoms in total. The summed E-state index contributed by atoms with van der Waals surface area (Å²) in [6.45, 7) is 9.41. The highest BCUT2D eigenvalue weighted by molar-refractivity contribution is 5.94. The number of benzene rings is 1. The highest BCUT2D eigenvalue weighted by Gasteiger charge is 2.39. The van der Waals surface area contributed by atoms with Crippen molar-refractivity contribution in [1.82, 2.24) is 0 Å². The van der Waals surface area contributed by atoms with Gasteiger partial charge in [-0.05, 0) is 42.9 Å². The van der Waals surface area contributed by atoms with Crippen LogP contribution in [-0.2, 0) is 10.2 Å². The summed E-state index contributed by atoms with van der Waals surface area (Å²) in [5, 5.41) is 0. The lowest BCUT2D eigenvalue weighted by atomic mass is 9.83. The van der Waals surface area contributed by atoms with Crippen molar-refractivity contribution in [3.63, 3.8) is 0 Å². The largest absolute Gasteiger partial charge is 0.344 e. The summed E-state index contributed by atoms with van der Waals surface area (Å²) < 4.78 is 2.09. The standard InChI is InChI=1S/C26H35N2O/c1-19-13-14-21(22(18-19)20(2)29)10-9-16-28-24-12-8-7-11-23(24)26(3,4)25(28)15-17-27(5)6/h7-8,11-15,17-19,21H,9-10,16H2,1-6H3/q+1. The second-order valence-electron chi connectivity index (χ2n) is 9.13. The van der Waals surface area contributed by atoms with E-state index in [4.69, 9.17) is 0 Å². The highest BCUT2D eigenvalue weighted by atomic mass is 16.1. The van der Waals surface area contributed by atoms with Gasteiger partial charge in [-0.3, -0.25) is 4.79 Å². The zero-order valence-electron chi connectivity index (χ0n) is 18.8. The van der Waals surface area contributed by atoms with Gasteiger partial charge >= 0.3 is 0 Å². The SMILES string of the molecule is CC(=O)C1=CC(C)C=CC1CCCN1C(=CC=[N+](C)C)C(C)(C)c2ccccc21. The first-order valence-electron chi connectivity index (χ1n) is 10.7. The third kappa shape index (κ3) is 4.44. The fourth-order valence-electron chi connectivity index (χ4n) is 4.58.